The maximum absolute atomic E-state index is 13.0. The first-order valence-electron chi connectivity index (χ1n) is 5.07. The average molecular weight is 256 g/mol. The molecule has 0 saturated carbocycles. The normalized spacial score (nSPS) is 12.5. The zero-order chi connectivity index (χ0) is 13.3. The predicted molar refractivity (Wildman–Crippen MR) is 56.8 cm³/mol. The van der Waals surface area contributed by atoms with Gasteiger partial charge < -0.3 is 5.11 Å². The molecule has 0 aliphatic heterocycles. The number of benzene rings is 2. The maximum Gasteiger partial charge on any atom is 0.194 e. The van der Waals surface area contributed by atoms with Crippen molar-refractivity contribution in [2.45, 2.75) is 6.10 Å². The Balaban J connectivity index is 2.43. The average Bonchev–Trinajstić information content (AvgIpc) is 2.34. The van der Waals surface area contributed by atoms with Crippen LogP contribution in [0.2, 0.25) is 0 Å². The molecule has 0 bridgehead atoms. The number of halogens is 4. The molecular weight excluding hydrogens is 248 g/mol. The second-order valence-electron chi connectivity index (χ2n) is 3.76. The zero-order valence-electron chi connectivity index (χ0n) is 9.00. The van der Waals surface area contributed by atoms with Crippen molar-refractivity contribution < 1.29 is 22.7 Å². The van der Waals surface area contributed by atoms with Gasteiger partial charge in [0.25, 0.3) is 0 Å². The van der Waals surface area contributed by atoms with E-state index in [0.29, 0.717) is 12.1 Å². The third kappa shape index (κ3) is 2.36. The van der Waals surface area contributed by atoms with Crippen LogP contribution in [0.5, 0.6) is 0 Å². The fraction of sp³-hybridized carbons (Fsp3) is 0.0769. The van der Waals surface area contributed by atoms with Crippen molar-refractivity contribution >= 4 is 0 Å². The van der Waals surface area contributed by atoms with Crippen LogP contribution in [0.25, 0.3) is 0 Å². The Labute approximate surface area is 100 Å². The van der Waals surface area contributed by atoms with Gasteiger partial charge in [-0.1, -0.05) is 12.1 Å². The smallest absolute Gasteiger partial charge is 0.194 e. The van der Waals surface area contributed by atoms with Crippen molar-refractivity contribution in [3.8, 4) is 0 Å². The van der Waals surface area contributed by atoms with Crippen LogP contribution in [0.4, 0.5) is 17.6 Å². The first kappa shape index (κ1) is 12.6. The van der Waals surface area contributed by atoms with Gasteiger partial charge in [0, 0.05) is 0 Å². The van der Waals surface area contributed by atoms with Crippen LogP contribution in [0.3, 0.4) is 0 Å². The molecule has 1 N–H and O–H groups in total. The molecule has 2 aromatic rings. The van der Waals surface area contributed by atoms with E-state index in [2.05, 4.69) is 0 Å². The summed E-state index contributed by atoms with van der Waals surface area (Å²) < 4.78 is 51.7. The molecule has 0 aliphatic rings. The van der Waals surface area contributed by atoms with Gasteiger partial charge in [-0.05, 0) is 35.4 Å². The summed E-state index contributed by atoms with van der Waals surface area (Å²) in [5.74, 6) is -5.00. The molecule has 0 radical (unpaired) electrons. The van der Waals surface area contributed by atoms with E-state index < -0.39 is 29.4 Å². The van der Waals surface area contributed by atoms with E-state index in [9.17, 15) is 22.7 Å². The third-order valence-corrected chi connectivity index (χ3v) is 2.49. The van der Waals surface area contributed by atoms with E-state index in [-0.39, 0.29) is 11.1 Å². The van der Waals surface area contributed by atoms with Gasteiger partial charge in [0.15, 0.2) is 17.5 Å². The number of aliphatic hydroxyl groups excluding tert-OH is 1. The molecule has 1 unspecified atom stereocenters. The Kier molecular flexibility index (Phi) is 3.34. The molecule has 0 fully saturated rings. The van der Waals surface area contributed by atoms with Gasteiger partial charge in [0.1, 0.15) is 11.9 Å². The van der Waals surface area contributed by atoms with Crippen LogP contribution in [-0.4, -0.2) is 5.11 Å². The molecule has 0 heterocycles. The summed E-state index contributed by atoms with van der Waals surface area (Å²) in [6, 6.07) is 6.30. The minimum Gasteiger partial charge on any atom is -0.384 e. The molecule has 18 heavy (non-hydrogen) atoms. The van der Waals surface area contributed by atoms with Crippen molar-refractivity contribution in [3.05, 3.63) is 70.8 Å². The molecule has 0 aliphatic carbocycles. The van der Waals surface area contributed by atoms with Gasteiger partial charge in [-0.25, -0.2) is 17.6 Å². The Hall–Kier alpha value is -1.88. The Bertz CT molecular complexity index is 560. The molecule has 0 spiro atoms. The molecule has 94 valence electrons. The van der Waals surface area contributed by atoms with Crippen molar-refractivity contribution in [3.63, 3.8) is 0 Å². The highest BCUT2D eigenvalue weighted by molar-refractivity contribution is 5.31. The summed E-state index contributed by atoms with van der Waals surface area (Å²) in [5.41, 5.74) is -0.0580. The van der Waals surface area contributed by atoms with Crippen LogP contribution in [0, 0.1) is 23.3 Å². The summed E-state index contributed by atoms with van der Waals surface area (Å²) in [6.45, 7) is 0. The van der Waals surface area contributed by atoms with Crippen molar-refractivity contribution in [2.24, 2.45) is 0 Å². The molecule has 0 saturated heterocycles. The first-order valence-corrected chi connectivity index (χ1v) is 5.07. The number of hydrogen-bond donors (Lipinski definition) is 1. The quantitative estimate of drug-likeness (QED) is 0.645. The highest BCUT2D eigenvalue weighted by atomic mass is 19.2. The number of rotatable bonds is 2. The minimum absolute atomic E-state index is 0.125. The van der Waals surface area contributed by atoms with Gasteiger partial charge in [-0.3, -0.25) is 0 Å². The van der Waals surface area contributed by atoms with Gasteiger partial charge in [-0.2, -0.15) is 0 Å². The summed E-state index contributed by atoms with van der Waals surface area (Å²) in [4.78, 5) is 0. The molecule has 1 atom stereocenters. The van der Waals surface area contributed by atoms with Crippen molar-refractivity contribution in [2.75, 3.05) is 0 Å². The zero-order valence-corrected chi connectivity index (χ0v) is 9.00. The lowest BCUT2D eigenvalue weighted by Crippen LogP contribution is -2.03. The molecule has 5 heteroatoms. The Morgan fingerprint density at radius 1 is 0.833 bits per heavy atom. The SMILES string of the molecule is OC(c1cccc(F)c1)c1cc(F)c(F)c(F)c1. The number of aliphatic hydroxyl groups is 1. The highest BCUT2D eigenvalue weighted by Gasteiger charge is 2.17. The van der Waals surface area contributed by atoms with E-state index in [1.807, 2.05) is 0 Å². The molecule has 0 amide bonds. The monoisotopic (exact) mass is 256 g/mol. The van der Waals surface area contributed by atoms with Crippen molar-refractivity contribution in [1.82, 2.24) is 0 Å². The number of hydrogen-bond acceptors (Lipinski definition) is 1. The van der Waals surface area contributed by atoms with Crippen molar-refractivity contribution in [1.29, 1.82) is 0 Å². The maximum atomic E-state index is 13.0. The summed E-state index contributed by atoms with van der Waals surface area (Å²) in [5, 5.41) is 9.83. The third-order valence-electron chi connectivity index (χ3n) is 2.49. The second kappa shape index (κ2) is 4.78. The summed E-state index contributed by atoms with van der Waals surface area (Å²) in [7, 11) is 0. The fourth-order valence-corrected chi connectivity index (χ4v) is 1.60. The van der Waals surface area contributed by atoms with Crippen LogP contribution in [-0.2, 0) is 0 Å². The fourth-order valence-electron chi connectivity index (χ4n) is 1.60. The van der Waals surface area contributed by atoms with Gasteiger partial charge in [0.2, 0.25) is 0 Å². The standard InChI is InChI=1S/C13H8F4O/c14-9-3-1-2-7(4-9)13(18)8-5-10(15)12(17)11(16)6-8/h1-6,13,18H. The molecule has 2 rings (SSSR count). The second-order valence-corrected chi connectivity index (χ2v) is 3.76. The summed E-state index contributed by atoms with van der Waals surface area (Å²) in [6.07, 6.45) is -1.43. The minimum atomic E-state index is -1.61. The van der Waals surface area contributed by atoms with E-state index >= 15 is 0 Å². The summed E-state index contributed by atoms with van der Waals surface area (Å²) >= 11 is 0. The van der Waals surface area contributed by atoms with Gasteiger partial charge >= 0.3 is 0 Å². The van der Waals surface area contributed by atoms with Crippen LogP contribution in [0.15, 0.2) is 36.4 Å². The largest absolute Gasteiger partial charge is 0.384 e. The lowest BCUT2D eigenvalue weighted by Gasteiger charge is -2.12. The lowest BCUT2D eigenvalue weighted by molar-refractivity contribution is 0.218. The molecule has 0 aromatic heterocycles. The topological polar surface area (TPSA) is 20.2 Å². The lowest BCUT2D eigenvalue weighted by atomic mass is 10.0. The van der Waals surface area contributed by atoms with Crippen LogP contribution in [0.1, 0.15) is 17.2 Å². The first-order chi connectivity index (χ1) is 8.49. The predicted octanol–water partition coefficient (Wildman–Crippen LogP) is 3.32. The van der Waals surface area contributed by atoms with E-state index in [1.165, 1.54) is 18.2 Å². The Morgan fingerprint density at radius 2 is 1.44 bits per heavy atom. The molecule has 1 nitrogen and oxygen atoms in total. The van der Waals surface area contributed by atoms with Crippen LogP contribution < -0.4 is 0 Å². The molecular formula is C13H8F4O. The van der Waals surface area contributed by atoms with E-state index in [0.717, 1.165) is 6.07 Å². The van der Waals surface area contributed by atoms with Gasteiger partial charge in [0.05, 0.1) is 0 Å². The van der Waals surface area contributed by atoms with E-state index in [1.54, 1.807) is 0 Å². The molecule has 2 aromatic carbocycles. The van der Waals surface area contributed by atoms with Gasteiger partial charge in [-0.15, -0.1) is 0 Å². The van der Waals surface area contributed by atoms with E-state index in [4.69, 9.17) is 0 Å². The Morgan fingerprint density at radius 3 is 2.00 bits per heavy atom. The highest BCUT2D eigenvalue weighted by Crippen LogP contribution is 2.25. The van der Waals surface area contributed by atoms with Crippen LogP contribution >= 0.6 is 0 Å².